The van der Waals surface area contributed by atoms with Crippen LogP contribution in [-0.2, 0) is 0 Å². The van der Waals surface area contributed by atoms with Gasteiger partial charge in [0.1, 0.15) is 0 Å². The fourth-order valence-electron chi connectivity index (χ4n) is 0.747. The van der Waals surface area contributed by atoms with Crippen LogP contribution >= 0.6 is 0 Å². The monoisotopic (exact) mass is 81.1 g/mol. The van der Waals surface area contributed by atoms with Gasteiger partial charge in [-0.1, -0.05) is 5.82 Å². The van der Waals surface area contributed by atoms with Crippen molar-refractivity contribution in [1.29, 1.82) is 0 Å². The Balaban J connectivity index is 2.11. The zero-order valence-corrected chi connectivity index (χ0v) is 4.02. The van der Waals surface area contributed by atoms with Crippen LogP contribution < -0.4 is 0 Å². The van der Waals surface area contributed by atoms with Crippen LogP contribution in [0.3, 0.4) is 0 Å². The van der Waals surface area contributed by atoms with Gasteiger partial charge in [-0.05, 0) is 20.1 Å². The molecule has 32 valence electrons. The molecule has 0 N–H and O–H groups in total. The average Bonchev–Trinajstić information content (AvgIpc) is 1.33. The van der Waals surface area contributed by atoms with Crippen molar-refractivity contribution in [2.24, 2.45) is 0 Å². The van der Waals surface area contributed by atoms with Gasteiger partial charge in [0.15, 0.2) is 0 Å². The minimum atomic E-state index is 0.468. The molecule has 1 nitrogen and oxygen atoms in total. The smallest absolute Gasteiger partial charge is 0.0734 e. The fourth-order valence-corrected chi connectivity index (χ4v) is 0.747. The fraction of sp³-hybridized carbons (Fsp3) is 1.00. The number of hydrogen-bond donors (Lipinski definition) is 0. The number of hydrogen-bond acceptors (Lipinski definition) is 1. The van der Waals surface area contributed by atoms with E-state index in [1.165, 1.54) is 0 Å². The summed E-state index contributed by atoms with van der Waals surface area (Å²) in [6.07, 6.45) is 0. The summed E-state index contributed by atoms with van der Waals surface area (Å²) in [5.74, 6) is 0.468. The van der Waals surface area contributed by atoms with Crippen molar-refractivity contribution in [3.8, 4) is 0 Å². The van der Waals surface area contributed by atoms with E-state index in [1.807, 2.05) is 0 Å². The summed E-state index contributed by atoms with van der Waals surface area (Å²) in [5, 5.41) is 0. The second-order valence-electron chi connectivity index (χ2n) is 1.98. The van der Waals surface area contributed by atoms with Crippen LogP contribution in [0.4, 0.5) is 0 Å². The maximum absolute atomic E-state index is 5.43. The molecule has 1 fully saturated rings. The third-order valence-electron chi connectivity index (χ3n) is 1.09. The third-order valence-corrected chi connectivity index (χ3v) is 1.09. The van der Waals surface area contributed by atoms with Gasteiger partial charge in [0.25, 0.3) is 0 Å². The van der Waals surface area contributed by atoms with Crippen LogP contribution in [0.25, 0.3) is 0 Å². The molecule has 0 unspecified atom stereocenters. The maximum atomic E-state index is 5.43. The van der Waals surface area contributed by atoms with Crippen molar-refractivity contribution in [1.82, 2.24) is 4.90 Å². The molecule has 1 aliphatic rings. The number of likely N-dealkylation sites (tertiary alicyclic amines) is 1. The highest BCUT2D eigenvalue weighted by atomic mass is 15.1. The molecule has 0 atom stereocenters. The Bertz CT molecular complexity index is 43.5. The third kappa shape index (κ3) is 0.572. The van der Waals surface area contributed by atoms with Crippen molar-refractivity contribution in [3.63, 3.8) is 0 Å². The van der Waals surface area contributed by atoms with Gasteiger partial charge in [-0.3, -0.25) is 0 Å². The molecule has 0 bridgehead atoms. The minimum absolute atomic E-state index is 0.468. The van der Waals surface area contributed by atoms with Crippen LogP contribution in [0.1, 0.15) is 0 Å². The molecule has 0 amide bonds. The van der Waals surface area contributed by atoms with E-state index in [4.69, 9.17) is 7.85 Å². The van der Waals surface area contributed by atoms with Gasteiger partial charge >= 0.3 is 0 Å². The second-order valence-corrected chi connectivity index (χ2v) is 1.98. The Hall–Kier alpha value is 0.0249. The van der Waals surface area contributed by atoms with Crippen LogP contribution in [-0.4, -0.2) is 32.9 Å². The molecule has 1 saturated heterocycles. The molecule has 1 heterocycles. The molecule has 0 saturated carbocycles. The summed E-state index contributed by atoms with van der Waals surface area (Å²) in [4.78, 5) is 2.20. The molecule has 0 aromatic heterocycles. The molecule has 1 aliphatic heterocycles. The molecule has 2 heteroatoms. The molecule has 1 rings (SSSR count). The van der Waals surface area contributed by atoms with Gasteiger partial charge in [0, 0.05) is 0 Å². The van der Waals surface area contributed by atoms with Gasteiger partial charge in [-0.25, -0.2) is 0 Å². The largest absolute Gasteiger partial charge is 0.307 e. The van der Waals surface area contributed by atoms with E-state index >= 15 is 0 Å². The first-order valence-corrected chi connectivity index (χ1v) is 2.23. The second kappa shape index (κ2) is 1.26. The number of nitrogens with zero attached hydrogens (tertiary/aromatic N) is 1. The topological polar surface area (TPSA) is 3.24 Å². The quantitative estimate of drug-likeness (QED) is 0.367. The first kappa shape index (κ1) is 4.19. The SMILES string of the molecule is [B]C1CN(C)C1. The number of rotatable bonds is 0. The van der Waals surface area contributed by atoms with Gasteiger partial charge in [0.2, 0.25) is 0 Å². The molecular formula is C4H8BN. The minimum Gasteiger partial charge on any atom is -0.307 e. The Kier molecular flexibility index (Phi) is 0.883. The van der Waals surface area contributed by atoms with Gasteiger partial charge in [-0.15, -0.1) is 0 Å². The highest BCUT2D eigenvalue weighted by Crippen LogP contribution is 2.12. The lowest BCUT2D eigenvalue weighted by Crippen LogP contribution is -2.39. The van der Waals surface area contributed by atoms with Crippen LogP contribution in [0, 0.1) is 0 Å². The first-order valence-electron chi connectivity index (χ1n) is 2.23. The zero-order valence-electron chi connectivity index (χ0n) is 4.02. The Morgan fingerprint density at radius 3 is 2.17 bits per heavy atom. The molecule has 0 aliphatic carbocycles. The van der Waals surface area contributed by atoms with E-state index in [0.29, 0.717) is 5.82 Å². The average molecular weight is 80.9 g/mol. The van der Waals surface area contributed by atoms with E-state index in [9.17, 15) is 0 Å². The van der Waals surface area contributed by atoms with Crippen molar-refractivity contribution >= 4 is 7.85 Å². The van der Waals surface area contributed by atoms with E-state index < -0.39 is 0 Å². The molecule has 0 aromatic rings. The summed E-state index contributed by atoms with van der Waals surface area (Å²) in [6.45, 7) is 2.17. The molecular weight excluding hydrogens is 72.9 g/mol. The standard InChI is InChI=1S/C4H8BN/c1-6-2-4(5)3-6/h4H,2-3H2,1H3. The lowest BCUT2D eigenvalue weighted by atomic mass is 9.81. The Morgan fingerprint density at radius 2 is 2.17 bits per heavy atom. The predicted molar refractivity (Wildman–Crippen MR) is 27.0 cm³/mol. The van der Waals surface area contributed by atoms with E-state index in [2.05, 4.69) is 11.9 Å². The lowest BCUT2D eigenvalue weighted by Gasteiger charge is -2.33. The molecule has 0 spiro atoms. The first-order chi connectivity index (χ1) is 2.79. The van der Waals surface area contributed by atoms with E-state index in [0.717, 1.165) is 13.1 Å². The Morgan fingerprint density at radius 1 is 1.67 bits per heavy atom. The lowest BCUT2D eigenvalue weighted by molar-refractivity contribution is 0.230. The van der Waals surface area contributed by atoms with Crippen molar-refractivity contribution in [3.05, 3.63) is 0 Å². The summed E-state index contributed by atoms with van der Waals surface area (Å²) < 4.78 is 0. The maximum Gasteiger partial charge on any atom is 0.0734 e. The van der Waals surface area contributed by atoms with Crippen LogP contribution in [0.5, 0.6) is 0 Å². The van der Waals surface area contributed by atoms with Gasteiger partial charge < -0.3 is 4.90 Å². The van der Waals surface area contributed by atoms with Gasteiger partial charge in [0.05, 0.1) is 7.85 Å². The van der Waals surface area contributed by atoms with E-state index in [1.54, 1.807) is 0 Å². The summed E-state index contributed by atoms with van der Waals surface area (Å²) in [7, 11) is 7.50. The van der Waals surface area contributed by atoms with Crippen LogP contribution in [0.2, 0.25) is 5.82 Å². The predicted octanol–water partition coefficient (Wildman–Crippen LogP) is -0.111. The summed E-state index contributed by atoms with van der Waals surface area (Å²) in [6, 6.07) is 0. The van der Waals surface area contributed by atoms with Crippen molar-refractivity contribution in [2.75, 3.05) is 20.1 Å². The molecule has 2 radical (unpaired) electrons. The van der Waals surface area contributed by atoms with Gasteiger partial charge in [-0.2, -0.15) is 0 Å². The highest BCUT2D eigenvalue weighted by Gasteiger charge is 2.16. The summed E-state index contributed by atoms with van der Waals surface area (Å²) >= 11 is 0. The highest BCUT2D eigenvalue weighted by molar-refractivity contribution is 6.12. The Labute approximate surface area is 39.7 Å². The van der Waals surface area contributed by atoms with E-state index in [-0.39, 0.29) is 0 Å². The zero-order chi connectivity index (χ0) is 4.57. The molecule has 6 heavy (non-hydrogen) atoms. The van der Waals surface area contributed by atoms with Crippen molar-refractivity contribution < 1.29 is 0 Å². The van der Waals surface area contributed by atoms with Crippen molar-refractivity contribution in [2.45, 2.75) is 5.82 Å². The normalized spacial score (nSPS) is 26.8. The molecule has 0 aromatic carbocycles. The summed E-state index contributed by atoms with van der Waals surface area (Å²) in [5.41, 5.74) is 0. The van der Waals surface area contributed by atoms with Crippen LogP contribution in [0.15, 0.2) is 0 Å².